The molecule has 2 aromatic carbocycles. The maximum absolute atomic E-state index is 13.3. The molecule has 0 saturated heterocycles. The molecule has 8 heteroatoms. The van der Waals surface area contributed by atoms with Crippen molar-refractivity contribution in [3.05, 3.63) is 90.0 Å². The highest BCUT2D eigenvalue weighted by atomic mass is 16.5. The van der Waals surface area contributed by atoms with Gasteiger partial charge in [-0.15, -0.1) is 0 Å². The van der Waals surface area contributed by atoms with Gasteiger partial charge in [-0.2, -0.15) is 0 Å². The molecule has 0 saturated carbocycles. The fraction of sp³-hybridized carbons (Fsp3) is 0.192. The van der Waals surface area contributed by atoms with Crippen LogP contribution >= 0.6 is 0 Å². The summed E-state index contributed by atoms with van der Waals surface area (Å²) in [4.78, 5) is 22.0. The molecule has 0 radical (unpaired) electrons. The number of ether oxygens (including phenoxy) is 1. The summed E-state index contributed by atoms with van der Waals surface area (Å²) < 4.78 is 5.18. The van der Waals surface area contributed by atoms with Crippen molar-refractivity contribution in [3.63, 3.8) is 0 Å². The summed E-state index contributed by atoms with van der Waals surface area (Å²) in [5.41, 5.74) is 3.17. The second kappa shape index (κ2) is 11.6. The quantitative estimate of drug-likeness (QED) is 0.406. The van der Waals surface area contributed by atoms with Crippen molar-refractivity contribution in [2.75, 3.05) is 13.7 Å². The molecule has 34 heavy (non-hydrogen) atoms. The summed E-state index contributed by atoms with van der Waals surface area (Å²) in [5.74, 6) is -0.602. The van der Waals surface area contributed by atoms with E-state index in [4.69, 9.17) is 15.6 Å². The Kier molecular flexibility index (Phi) is 8.37. The topological polar surface area (TPSA) is 131 Å². The molecule has 0 bridgehead atoms. The van der Waals surface area contributed by atoms with Crippen LogP contribution in [0.1, 0.15) is 22.7 Å². The average molecular weight is 458 g/mol. The molecule has 4 N–H and O–H groups in total. The van der Waals surface area contributed by atoms with E-state index in [1.165, 1.54) is 18.2 Å². The SMILES string of the molecule is C=CC1=NC(C(=N)/C=C\C=N)=NCC1C(=O)NC(c1ccc(O)cc1)c1ccc(COC)cc1. The fourth-order valence-electron chi connectivity index (χ4n) is 3.52. The number of allylic oxidation sites excluding steroid dienone is 2. The van der Waals surface area contributed by atoms with Gasteiger partial charge in [-0.1, -0.05) is 43.0 Å². The molecule has 1 aliphatic rings. The van der Waals surface area contributed by atoms with Crippen molar-refractivity contribution >= 4 is 29.4 Å². The smallest absolute Gasteiger partial charge is 0.231 e. The molecule has 0 fully saturated rings. The van der Waals surface area contributed by atoms with E-state index in [0.717, 1.165) is 22.9 Å². The number of phenols is 1. The second-order valence-corrected chi connectivity index (χ2v) is 7.60. The van der Waals surface area contributed by atoms with Crippen LogP contribution in [0.2, 0.25) is 0 Å². The van der Waals surface area contributed by atoms with Crippen LogP contribution in [0, 0.1) is 16.7 Å². The lowest BCUT2D eigenvalue weighted by Crippen LogP contribution is -2.41. The van der Waals surface area contributed by atoms with Crippen molar-refractivity contribution < 1.29 is 14.6 Å². The van der Waals surface area contributed by atoms with E-state index in [9.17, 15) is 9.90 Å². The highest BCUT2D eigenvalue weighted by molar-refractivity contribution is 6.47. The van der Waals surface area contributed by atoms with Gasteiger partial charge in [0.1, 0.15) is 5.75 Å². The summed E-state index contributed by atoms with van der Waals surface area (Å²) in [7, 11) is 1.63. The van der Waals surface area contributed by atoms with Crippen molar-refractivity contribution in [2.45, 2.75) is 12.6 Å². The second-order valence-electron chi connectivity index (χ2n) is 7.60. The van der Waals surface area contributed by atoms with Crippen molar-refractivity contribution in [1.82, 2.24) is 5.32 Å². The van der Waals surface area contributed by atoms with Crippen molar-refractivity contribution in [3.8, 4) is 5.75 Å². The molecule has 2 atom stereocenters. The van der Waals surface area contributed by atoms with Gasteiger partial charge in [0.2, 0.25) is 5.91 Å². The number of aromatic hydroxyl groups is 1. The molecule has 3 rings (SSSR count). The lowest BCUT2D eigenvalue weighted by atomic mass is 9.95. The Hall–Kier alpha value is -4.17. The third-order valence-corrected chi connectivity index (χ3v) is 5.28. The predicted octanol–water partition coefficient (Wildman–Crippen LogP) is 3.63. The van der Waals surface area contributed by atoms with E-state index in [1.807, 2.05) is 24.3 Å². The number of aliphatic imine (C=N–C) groups is 2. The molecule has 1 aliphatic heterocycles. The van der Waals surface area contributed by atoms with Gasteiger partial charge in [-0.05, 0) is 47.1 Å². The van der Waals surface area contributed by atoms with E-state index in [1.54, 1.807) is 31.4 Å². The van der Waals surface area contributed by atoms with Gasteiger partial charge in [0, 0.05) is 13.3 Å². The number of carbonyl (C=O) groups excluding carboxylic acids is 1. The van der Waals surface area contributed by atoms with E-state index < -0.39 is 12.0 Å². The first-order chi connectivity index (χ1) is 16.5. The van der Waals surface area contributed by atoms with E-state index in [-0.39, 0.29) is 29.7 Å². The van der Waals surface area contributed by atoms with Crippen LogP contribution in [0.3, 0.4) is 0 Å². The van der Waals surface area contributed by atoms with Crippen LogP contribution in [0.15, 0.2) is 83.3 Å². The summed E-state index contributed by atoms with van der Waals surface area (Å²) in [6.45, 7) is 4.39. The number of methoxy groups -OCH3 is 1. The Bertz CT molecular complexity index is 1150. The maximum Gasteiger partial charge on any atom is 0.231 e. The Morgan fingerprint density at radius 1 is 1.24 bits per heavy atom. The van der Waals surface area contributed by atoms with Gasteiger partial charge in [0.25, 0.3) is 0 Å². The number of rotatable bonds is 10. The van der Waals surface area contributed by atoms with Gasteiger partial charge < -0.3 is 20.6 Å². The zero-order chi connectivity index (χ0) is 24.5. The van der Waals surface area contributed by atoms with E-state index >= 15 is 0 Å². The minimum atomic E-state index is -0.659. The third-order valence-electron chi connectivity index (χ3n) is 5.28. The number of nitrogens with one attached hydrogen (secondary N) is 3. The fourth-order valence-corrected chi connectivity index (χ4v) is 3.52. The normalized spacial score (nSPS) is 16.3. The largest absolute Gasteiger partial charge is 0.508 e. The summed E-state index contributed by atoms with van der Waals surface area (Å²) >= 11 is 0. The number of carbonyl (C=O) groups is 1. The molecule has 174 valence electrons. The maximum atomic E-state index is 13.3. The molecule has 8 nitrogen and oxygen atoms in total. The van der Waals surface area contributed by atoms with Gasteiger partial charge in [-0.25, -0.2) is 4.99 Å². The molecule has 0 aliphatic carbocycles. The highest BCUT2D eigenvalue weighted by Gasteiger charge is 2.29. The van der Waals surface area contributed by atoms with Crippen LogP contribution < -0.4 is 5.32 Å². The summed E-state index contributed by atoms with van der Waals surface area (Å²) in [5, 5.41) is 27.9. The Morgan fingerprint density at radius 2 is 1.88 bits per heavy atom. The Balaban J connectivity index is 1.86. The molecule has 1 heterocycles. The van der Waals surface area contributed by atoms with Gasteiger partial charge in [0.05, 0.1) is 36.5 Å². The minimum Gasteiger partial charge on any atom is -0.508 e. The van der Waals surface area contributed by atoms with Gasteiger partial charge >= 0.3 is 0 Å². The van der Waals surface area contributed by atoms with Crippen LogP contribution in [0.5, 0.6) is 5.75 Å². The Morgan fingerprint density at radius 3 is 2.47 bits per heavy atom. The number of hydrogen-bond donors (Lipinski definition) is 4. The first kappa shape index (κ1) is 24.5. The molecular weight excluding hydrogens is 430 g/mol. The number of phenolic OH excluding ortho intramolecular Hbond substituents is 1. The third kappa shape index (κ3) is 5.99. The van der Waals surface area contributed by atoms with E-state index in [2.05, 4.69) is 21.9 Å². The average Bonchev–Trinajstić information content (AvgIpc) is 2.86. The van der Waals surface area contributed by atoms with Crippen molar-refractivity contribution in [2.24, 2.45) is 15.9 Å². The molecular formula is C26H27N5O3. The number of nitrogens with zero attached hydrogens (tertiary/aromatic N) is 2. The van der Waals surface area contributed by atoms with Crippen LogP contribution in [-0.2, 0) is 16.1 Å². The summed E-state index contributed by atoms with van der Waals surface area (Å²) in [6.07, 6.45) is 5.40. The Labute approximate surface area is 198 Å². The molecule has 0 aromatic heterocycles. The number of amidine groups is 1. The van der Waals surface area contributed by atoms with Gasteiger partial charge in [0.15, 0.2) is 5.84 Å². The first-order valence-electron chi connectivity index (χ1n) is 10.7. The zero-order valence-electron chi connectivity index (χ0n) is 18.9. The standard InChI is InChI=1S/C26H27N5O3/c1-3-23-21(15-29-25(30-23)22(28)5-4-14-27)26(33)31-24(19-10-12-20(32)13-11-19)18-8-6-17(7-9-18)16-34-2/h3-14,21,24,27-28,32H,1,15-16H2,2H3,(H,31,33)/b5-4-,27-14?,28-22?. The van der Waals surface area contributed by atoms with E-state index in [0.29, 0.717) is 12.3 Å². The predicted molar refractivity (Wildman–Crippen MR) is 134 cm³/mol. The lowest BCUT2D eigenvalue weighted by Gasteiger charge is -2.25. The molecule has 2 aromatic rings. The lowest BCUT2D eigenvalue weighted by molar-refractivity contribution is -0.123. The van der Waals surface area contributed by atoms with Crippen LogP contribution in [0.25, 0.3) is 0 Å². The molecule has 2 unspecified atom stereocenters. The number of amides is 1. The minimum absolute atomic E-state index is 0.0554. The number of hydrogen-bond acceptors (Lipinski definition) is 7. The van der Waals surface area contributed by atoms with Gasteiger partial charge in [-0.3, -0.25) is 15.2 Å². The molecule has 0 spiro atoms. The van der Waals surface area contributed by atoms with Crippen LogP contribution in [-0.4, -0.2) is 48.1 Å². The van der Waals surface area contributed by atoms with Crippen molar-refractivity contribution in [1.29, 1.82) is 10.8 Å². The van der Waals surface area contributed by atoms with Crippen LogP contribution in [0.4, 0.5) is 0 Å². The first-order valence-corrected chi connectivity index (χ1v) is 10.7. The summed E-state index contributed by atoms with van der Waals surface area (Å²) in [6, 6.07) is 14.0. The highest BCUT2D eigenvalue weighted by Crippen LogP contribution is 2.25. The molecule has 1 amide bonds. The zero-order valence-corrected chi connectivity index (χ0v) is 18.9. The number of benzene rings is 2. The monoisotopic (exact) mass is 457 g/mol.